The first-order chi connectivity index (χ1) is 10.7. The predicted molar refractivity (Wildman–Crippen MR) is 84.0 cm³/mol. The van der Waals surface area contributed by atoms with Crippen molar-refractivity contribution in [2.45, 2.75) is 26.4 Å². The van der Waals surface area contributed by atoms with E-state index in [1.54, 1.807) is 26.8 Å². The van der Waals surface area contributed by atoms with Crippen LogP contribution in [0.15, 0.2) is 34.9 Å². The molecule has 3 rings (SSSR count). The second-order valence-corrected chi connectivity index (χ2v) is 6.35. The van der Waals surface area contributed by atoms with Crippen LogP contribution in [0.2, 0.25) is 5.35 Å². The minimum absolute atomic E-state index is 0.0489. The van der Waals surface area contributed by atoms with E-state index in [1.165, 1.54) is 29.0 Å². The lowest BCUT2D eigenvalue weighted by Crippen LogP contribution is -2.27. The van der Waals surface area contributed by atoms with Crippen LogP contribution in [-0.2, 0) is 4.74 Å². The Hall–Kier alpha value is -2.34. The lowest BCUT2D eigenvalue weighted by molar-refractivity contribution is 0.0546. The molecule has 0 unspecified atom stereocenters. The van der Waals surface area contributed by atoms with Crippen molar-refractivity contribution in [1.29, 1.82) is 0 Å². The van der Waals surface area contributed by atoms with Gasteiger partial charge in [0.2, 0.25) is 0 Å². The van der Waals surface area contributed by atoms with Crippen molar-refractivity contribution in [3.63, 3.8) is 0 Å². The fraction of sp³-hybridized carbons (Fsp3) is 0.250. The second-order valence-electron chi connectivity index (χ2n) is 6.03. The average molecular weight is 337 g/mol. The lowest BCUT2D eigenvalue weighted by Gasteiger charge is -2.20. The summed E-state index contributed by atoms with van der Waals surface area (Å²) in [5, 5.41) is 0.491. The zero-order valence-corrected chi connectivity index (χ0v) is 13.5. The summed E-state index contributed by atoms with van der Waals surface area (Å²) in [4.78, 5) is 16.4. The smallest absolute Gasteiger partial charge is 0.419 e. The maximum Gasteiger partial charge on any atom is 0.419 e. The first-order valence-electron chi connectivity index (χ1n) is 6.91. The van der Waals surface area contributed by atoms with Crippen LogP contribution in [0.5, 0.6) is 0 Å². The van der Waals surface area contributed by atoms with Gasteiger partial charge in [0, 0.05) is 5.39 Å². The van der Waals surface area contributed by atoms with Crippen molar-refractivity contribution in [1.82, 2.24) is 9.55 Å². The molecule has 2 heterocycles. The van der Waals surface area contributed by atoms with E-state index in [9.17, 15) is 9.18 Å². The molecular formula is C16H14ClFN2O3. The summed E-state index contributed by atoms with van der Waals surface area (Å²) < 4.78 is 25.5. The number of carbonyl (C=O) groups is 1. The third-order valence-electron chi connectivity index (χ3n) is 3.07. The molecule has 0 aliphatic carbocycles. The third-order valence-corrected chi connectivity index (χ3v) is 3.24. The van der Waals surface area contributed by atoms with Crippen molar-refractivity contribution in [2.24, 2.45) is 0 Å². The zero-order valence-electron chi connectivity index (χ0n) is 12.8. The molecule has 0 radical (unpaired) electrons. The van der Waals surface area contributed by atoms with Crippen molar-refractivity contribution < 1.29 is 18.3 Å². The van der Waals surface area contributed by atoms with Gasteiger partial charge in [0.05, 0.1) is 17.4 Å². The molecule has 0 amide bonds. The van der Waals surface area contributed by atoms with Gasteiger partial charge in [-0.3, -0.25) is 0 Å². The number of hydrogen-bond donors (Lipinski definition) is 0. The Morgan fingerprint density at radius 2 is 2.09 bits per heavy atom. The molecule has 23 heavy (non-hydrogen) atoms. The van der Waals surface area contributed by atoms with Gasteiger partial charge in [-0.05, 0) is 56.6 Å². The second kappa shape index (κ2) is 5.38. The minimum Gasteiger partial charge on any atom is -0.443 e. The molecule has 3 aromatic rings. The summed E-state index contributed by atoms with van der Waals surface area (Å²) >= 11 is 5.71. The number of aromatic nitrogens is 2. The molecule has 1 aromatic carbocycles. The van der Waals surface area contributed by atoms with Crippen LogP contribution in [0.4, 0.5) is 9.18 Å². The summed E-state index contributed by atoms with van der Waals surface area (Å²) in [6, 6.07) is 5.74. The zero-order chi connectivity index (χ0) is 16.8. The van der Waals surface area contributed by atoms with Gasteiger partial charge in [0.25, 0.3) is 5.35 Å². The van der Waals surface area contributed by atoms with E-state index in [0.717, 1.165) is 0 Å². The molecule has 2 aromatic heterocycles. The number of fused-ring (bicyclic) bond motifs is 1. The van der Waals surface area contributed by atoms with Gasteiger partial charge in [0.15, 0.2) is 5.76 Å². The number of ether oxygens (including phenoxy) is 1. The van der Waals surface area contributed by atoms with Gasteiger partial charge >= 0.3 is 6.09 Å². The van der Waals surface area contributed by atoms with Gasteiger partial charge in [-0.25, -0.2) is 18.7 Å². The fourth-order valence-electron chi connectivity index (χ4n) is 2.24. The molecule has 0 spiro atoms. The summed E-state index contributed by atoms with van der Waals surface area (Å²) in [6.07, 6.45) is 0.801. The number of oxazole rings is 1. The first kappa shape index (κ1) is 15.6. The highest BCUT2D eigenvalue weighted by Crippen LogP contribution is 2.31. The number of carbonyl (C=O) groups excluding carboxylic acids is 1. The van der Waals surface area contributed by atoms with Crippen LogP contribution in [-0.4, -0.2) is 21.2 Å². The maximum absolute atomic E-state index is 13.5. The Bertz CT molecular complexity index is 892. The molecular weight excluding hydrogens is 323 g/mol. The van der Waals surface area contributed by atoms with E-state index >= 15 is 0 Å². The van der Waals surface area contributed by atoms with E-state index in [4.69, 9.17) is 20.8 Å². The predicted octanol–water partition coefficient (Wildman–Crippen LogP) is 4.87. The summed E-state index contributed by atoms with van der Waals surface area (Å²) in [7, 11) is 0. The quantitative estimate of drug-likeness (QED) is 0.636. The average Bonchev–Trinajstić information content (AvgIpc) is 2.99. The van der Waals surface area contributed by atoms with Crippen LogP contribution < -0.4 is 0 Å². The molecule has 0 aliphatic heterocycles. The maximum atomic E-state index is 13.5. The van der Waals surface area contributed by atoms with Crippen molar-refractivity contribution in [3.8, 4) is 11.5 Å². The Balaban J connectivity index is 2.22. The Morgan fingerprint density at radius 3 is 2.70 bits per heavy atom. The molecule has 0 aliphatic rings. The number of hydrogen-bond acceptors (Lipinski definition) is 4. The summed E-state index contributed by atoms with van der Waals surface area (Å²) in [5.41, 5.74) is 0.215. The van der Waals surface area contributed by atoms with E-state index in [0.29, 0.717) is 16.6 Å². The van der Waals surface area contributed by atoms with Crippen molar-refractivity contribution in [3.05, 3.63) is 41.6 Å². The lowest BCUT2D eigenvalue weighted by atomic mass is 10.2. The van der Waals surface area contributed by atoms with Gasteiger partial charge in [-0.1, -0.05) is 0 Å². The topological polar surface area (TPSA) is 57.3 Å². The molecule has 0 fully saturated rings. The number of nitrogens with zero attached hydrogens (tertiary/aromatic N) is 2. The number of halogens is 2. The molecule has 0 saturated carbocycles. The molecule has 5 nitrogen and oxygen atoms in total. The SMILES string of the molecule is CC(C)(C)OC(=O)n1c(-c2cnc(Cl)o2)cc2cc(F)ccc21. The minimum atomic E-state index is -0.677. The summed E-state index contributed by atoms with van der Waals surface area (Å²) in [5.74, 6) is -0.113. The molecule has 7 heteroatoms. The van der Waals surface area contributed by atoms with Crippen LogP contribution in [0.3, 0.4) is 0 Å². The van der Waals surface area contributed by atoms with Crippen molar-refractivity contribution >= 4 is 28.6 Å². The molecule has 0 saturated heterocycles. The van der Waals surface area contributed by atoms with Gasteiger partial charge in [0.1, 0.15) is 11.4 Å². The molecule has 0 bridgehead atoms. The van der Waals surface area contributed by atoms with Crippen LogP contribution in [0.25, 0.3) is 22.4 Å². The standard InChI is InChI=1S/C16H14ClFN2O3/c1-16(2,3)23-15(21)20-11-5-4-10(18)6-9(11)7-12(20)13-8-19-14(17)22-13/h4-8H,1-3H3. The normalized spacial score (nSPS) is 11.9. The van der Waals surface area contributed by atoms with E-state index in [-0.39, 0.29) is 11.1 Å². The Morgan fingerprint density at radius 1 is 1.35 bits per heavy atom. The number of rotatable bonds is 1. The number of benzene rings is 1. The highest BCUT2D eigenvalue weighted by atomic mass is 35.5. The summed E-state index contributed by atoms with van der Waals surface area (Å²) in [6.45, 7) is 5.30. The van der Waals surface area contributed by atoms with Gasteiger partial charge < -0.3 is 9.15 Å². The monoisotopic (exact) mass is 336 g/mol. The fourth-order valence-corrected chi connectivity index (χ4v) is 2.37. The van der Waals surface area contributed by atoms with E-state index in [1.807, 2.05) is 0 Å². The Labute approximate surface area is 136 Å². The van der Waals surface area contributed by atoms with Crippen molar-refractivity contribution in [2.75, 3.05) is 0 Å². The molecule has 120 valence electrons. The molecule has 0 N–H and O–H groups in total. The van der Waals surface area contributed by atoms with E-state index < -0.39 is 17.5 Å². The highest BCUT2D eigenvalue weighted by Gasteiger charge is 2.24. The van der Waals surface area contributed by atoms with Gasteiger partial charge in [-0.15, -0.1) is 0 Å². The third kappa shape index (κ3) is 3.07. The largest absolute Gasteiger partial charge is 0.443 e. The Kier molecular flexibility index (Phi) is 3.64. The highest BCUT2D eigenvalue weighted by molar-refractivity contribution is 6.27. The molecule has 0 atom stereocenters. The van der Waals surface area contributed by atoms with Crippen LogP contribution in [0.1, 0.15) is 20.8 Å². The van der Waals surface area contributed by atoms with E-state index in [2.05, 4.69) is 4.98 Å². The van der Waals surface area contributed by atoms with Crippen LogP contribution >= 0.6 is 11.6 Å². The van der Waals surface area contributed by atoms with Crippen LogP contribution in [0, 0.1) is 5.82 Å². The first-order valence-corrected chi connectivity index (χ1v) is 7.28. The van der Waals surface area contributed by atoms with Gasteiger partial charge in [-0.2, -0.15) is 0 Å².